The van der Waals surface area contributed by atoms with Gasteiger partial charge in [-0.2, -0.15) is 13.2 Å². The molecule has 0 saturated carbocycles. The predicted molar refractivity (Wildman–Crippen MR) is 69.3 cm³/mol. The number of amidine groups is 1. The van der Waals surface area contributed by atoms with Gasteiger partial charge in [0.1, 0.15) is 0 Å². The third-order valence-corrected chi connectivity index (χ3v) is 2.53. The summed E-state index contributed by atoms with van der Waals surface area (Å²) >= 11 is 0. The molecule has 1 aromatic rings. The van der Waals surface area contributed by atoms with Crippen LogP contribution >= 0.6 is 0 Å². The van der Waals surface area contributed by atoms with E-state index in [4.69, 9.17) is 0 Å². The number of halogens is 3. The van der Waals surface area contributed by atoms with Crippen molar-refractivity contribution >= 4 is 17.6 Å². The molecule has 0 aromatic heterocycles. The maximum absolute atomic E-state index is 12.8. The molecule has 0 unspecified atom stereocenters. The fourth-order valence-electron chi connectivity index (χ4n) is 1.77. The highest BCUT2D eigenvalue weighted by molar-refractivity contribution is 6.00. The van der Waals surface area contributed by atoms with Crippen LogP contribution in [0.25, 0.3) is 0 Å². The van der Waals surface area contributed by atoms with Gasteiger partial charge in [0.25, 0.3) is 0 Å². The molecule has 7 heteroatoms. The van der Waals surface area contributed by atoms with Crippen molar-refractivity contribution in [3.8, 4) is 0 Å². The van der Waals surface area contributed by atoms with Crippen LogP contribution in [0, 0.1) is 20.8 Å². The molecule has 0 atom stereocenters. The number of ether oxygens (including phenoxy) is 1. The lowest BCUT2D eigenvalue weighted by atomic mass is 10.1. The number of amides is 1. The number of benzene rings is 1. The summed E-state index contributed by atoms with van der Waals surface area (Å²) in [5.74, 6) is -1.40. The number of alkyl carbamates (subject to hydrolysis) is 1. The van der Waals surface area contributed by atoms with E-state index in [1.807, 2.05) is 6.92 Å². The smallest absolute Gasteiger partial charge is 0.449 e. The van der Waals surface area contributed by atoms with Gasteiger partial charge >= 0.3 is 12.3 Å². The van der Waals surface area contributed by atoms with Crippen molar-refractivity contribution < 1.29 is 22.7 Å². The van der Waals surface area contributed by atoms with Crippen LogP contribution in [-0.4, -0.2) is 25.2 Å². The van der Waals surface area contributed by atoms with Crippen LogP contribution < -0.4 is 5.32 Å². The van der Waals surface area contributed by atoms with Gasteiger partial charge in [0.15, 0.2) is 0 Å². The summed E-state index contributed by atoms with van der Waals surface area (Å²) in [6, 6.07) is 3.44. The summed E-state index contributed by atoms with van der Waals surface area (Å²) < 4.78 is 42.7. The Bertz CT molecular complexity index is 528. The summed E-state index contributed by atoms with van der Waals surface area (Å²) in [5.41, 5.74) is 2.29. The molecule has 1 amide bonds. The lowest BCUT2D eigenvalue weighted by Crippen LogP contribution is -2.40. The van der Waals surface area contributed by atoms with Gasteiger partial charge in [-0.3, -0.25) is 5.32 Å². The molecular weight excluding hydrogens is 273 g/mol. The summed E-state index contributed by atoms with van der Waals surface area (Å²) in [6.07, 6.45) is -6.00. The van der Waals surface area contributed by atoms with Crippen LogP contribution in [0.3, 0.4) is 0 Å². The number of carbonyl (C=O) groups excluding carboxylic acids is 1. The quantitative estimate of drug-likeness (QED) is 0.634. The zero-order valence-electron chi connectivity index (χ0n) is 11.6. The Morgan fingerprint density at radius 1 is 1.20 bits per heavy atom. The highest BCUT2D eigenvalue weighted by Gasteiger charge is 2.37. The molecule has 0 aliphatic rings. The molecule has 0 radical (unpaired) electrons. The fourth-order valence-corrected chi connectivity index (χ4v) is 1.77. The third kappa shape index (κ3) is 3.97. The van der Waals surface area contributed by atoms with E-state index in [0.29, 0.717) is 11.1 Å². The number of nitrogens with zero attached hydrogens (tertiary/aromatic N) is 1. The van der Waals surface area contributed by atoms with Gasteiger partial charge in [-0.05, 0) is 31.9 Å². The van der Waals surface area contributed by atoms with Crippen LogP contribution in [0.15, 0.2) is 17.1 Å². The van der Waals surface area contributed by atoms with Crippen LogP contribution in [0.5, 0.6) is 0 Å². The first-order valence-electron chi connectivity index (χ1n) is 5.74. The first kappa shape index (κ1) is 16.0. The Balaban J connectivity index is 3.30. The second kappa shape index (κ2) is 5.94. The number of hydrogen-bond donors (Lipinski definition) is 1. The molecule has 1 rings (SSSR count). The van der Waals surface area contributed by atoms with E-state index in [9.17, 15) is 18.0 Å². The van der Waals surface area contributed by atoms with E-state index in [1.165, 1.54) is 0 Å². The van der Waals surface area contributed by atoms with Crippen molar-refractivity contribution in [1.82, 2.24) is 5.32 Å². The van der Waals surface area contributed by atoms with Gasteiger partial charge in [-0.1, -0.05) is 17.7 Å². The average Bonchev–Trinajstić information content (AvgIpc) is 2.30. The van der Waals surface area contributed by atoms with E-state index in [0.717, 1.165) is 12.7 Å². The van der Waals surface area contributed by atoms with Gasteiger partial charge in [0.05, 0.1) is 12.8 Å². The molecule has 0 saturated heterocycles. The zero-order chi connectivity index (χ0) is 15.5. The molecule has 0 spiro atoms. The maximum atomic E-state index is 12.8. The topological polar surface area (TPSA) is 50.7 Å². The van der Waals surface area contributed by atoms with Crippen molar-refractivity contribution in [1.29, 1.82) is 0 Å². The largest absolute Gasteiger partial charge is 0.453 e. The number of carbonyl (C=O) groups is 1. The van der Waals surface area contributed by atoms with E-state index < -0.39 is 18.1 Å². The maximum Gasteiger partial charge on any atom is 0.449 e. The molecule has 20 heavy (non-hydrogen) atoms. The predicted octanol–water partition coefficient (Wildman–Crippen LogP) is 3.56. The van der Waals surface area contributed by atoms with Crippen molar-refractivity contribution in [2.45, 2.75) is 26.9 Å². The minimum Gasteiger partial charge on any atom is -0.453 e. The molecule has 1 N–H and O–H groups in total. The number of rotatable bonds is 1. The summed E-state index contributed by atoms with van der Waals surface area (Å²) in [4.78, 5) is 14.5. The lowest BCUT2D eigenvalue weighted by molar-refractivity contribution is -0.0615. The van der Waals surface area contributed by atoms with Crippen molar-refractivity contribution in [2.75, 3.05) is 7.11 Å². The molecule has 4 nitrogen and oxygen atoms in total. The first-order valence-corrected chi connectivity index (χ1v) is 5.74. The number of methoxy groups -OCH3 is 1. The Morgan fingerprint density at radius 3 is 2.10 bits per heavy atom. The number of aryl methyl sites for hydroxylation is 3. The Kier molecular flexibility index (Phi) is 4.75. The second-order valence-corrected chi connectivity index (χ2v) is 4.32. The highest BCUT2D eigenvalue weighted by Crippen LogP contribution is 2.27. The second-order valence-electron chi connectivity index (χ2n) is 4.32. The molecule has 0 aliphatic carbocycles. The van der Waals surface area contributed by atoms with E-state index in [1.54, 1.807) is 31.3 Å². The Labute approximate surface area is 114 Å². The van der Waals surface area contributed by atoms with Crippen LogP contribution in [0.4, 0.5) is 23.7 Å². The van der Waals surface area contributed by atoms with Crippen molar-refractivity contribution in [3.63, 3.8) is 0 Å². The lowest BCUT2D eigenvalue weighted by Gasteiger charge is -2.13. The number of hydrogen-bond acceptors (Lipinski definition) is 3. The standard InChI is InChI=1S/C13H15F3N2O2/c1-7-5-8(2)10(9(3)6-7)17-11(13(14,15)16)18-12(19)20-4/h5-6H,1-4H3,(H,17,18,19). The van der Waals surface area contributed by atoms with Crippen LogP contribution in [0.1, 0.15) is 16.7 Å². The normalized spacial score (nSPS) is 12.2. The van der Waals surface area contributed by atoms with Gasteiger partial charge in [0.2, 0.25) is 5.84 Å². The van der Waals surface area contributed by atoms with E-state index in [2.05, 4.69) is 9.73 Å². The summed E-state index contributed by atoms with van der Waals surface area (Å²) in [5, 5.41) is 1.59. The zero-order valence-corrected chi connectivity index (χ0v) is 11.6. The highest BCUT2D eigenvalue weighted by atomic mass is 19.4. The van der Waals surface area contributed by atoms with Crippen LogP contribution in [0.2, 0.25) is 0 Å². The van der Waals surface area contributed by atoms with E-state index in [-0.39, 0.29) is 5.69 Å². The van der Waals surface area contributed by atoms with Gasteiger partial charge in [-0.25, -0.2) is 9.79 Å². The van der Waals surface area contributed by atoms with Crippen molar-refractivity contribution in [2.24, 2.45) is 4.99 Å². The fraction of sp³-hybridized carbons (Fsp3) is 0.385. The molecule has 0 bridgehead atoms. The minimum absolute atomic E-state index is 0.180. The number of aliphatic imine (C=N–C) groups is 1. The molecule has 0 aliphatic heterocycles. The molecule has 110 valence electrons. The monoisotopic (exact) mass is 288 g/mol. The summed E-state index contributed by atoms with van der Waals surface area (Å²) in [6.45, 7) is 5.15. The van der Waals surface area contributed by atoms with Gasteiger partial charge in [-0.15, -0.1) is 0 Å². The van der Waals surface area contributed by atoms with Crippen molar-refractivity contribution in [3.05, 3.63) is 28.8 Å². The Morgan fingerprint density at radius 2 is 1.70 bits per heavy atom. The molecule has 0 fully saturated rings. The first-order chi connectivity index (χ1) is 9.15. The number of alkyl halides is 3. The molecule has 1 aromatic carbocycles. The Hall–Kier alpha value is -2.05. The number of nitrogens with one attached hydrogen (secondary N) is 1. The minimum atomic E-state index is -4.78. The molecular formula is C13H15F3N2O2. The average molecular weight is 288 g/mol. The molecule has 0 heterocycles. The SMILES string of the molecule is COC(=O)NC(=Nc1c(C)cc(C)cc1C)C(F)(F)F. The van der Waals surface area contributed by atoms with Gasteiger partial charge < -0.3 is 4.74 Å². The van der Waals surface area contributed by atoms with Gasteiger partial charge in [0, 0.05) is 0 Å². The third-order valence-electron chi connectivity index (χ3n) is 2.53. The van der Waals surface area contributed by atoms with Crippen LogP contribution in [-0.2, 0) is 4.74 Å². The van der Waals surface area contributed by atoms with E-state index >= 15 is 0 Å². The summed E-state index contributed by atoms with van der Waals surface area (Å²) in [7, 11) is 0.978.